The molecule has 0 bridgehead atoms. The third-order valence-electron chi connectivity index (χ3n) is 11.8. The molecule has 5 aromatic carbocycles. The summed E-state index contributed by atoms with van der Waals surface area (Å²) in [4.78, 5) is 0. The van der Waals surface area contributed by atoms with Gasteiger partial charge in [0, 0.05) is 27.6 Å². The molecule has 1 spiro atoms. The first kappa shape index (κ1) is 27.7. The highest BCUT2D eigenvalue weighted by Crippen LogP contribution is 2.59. The molecule has 0 fully saturated rings. The van der Waals surface area contributed by atoms with Gasteiger partial charge in [-0.25, -0.2) is 0 Å². The summed E-state index contributed by atoms with van der Waals surface area (Å²) in [6.45, 7) is 11.3. The SMILES string of the molecule is Cc1cccc(C)c1-n1cc[n+]2c1-c1cc3c(oc4ccccc43)c3c1C21c2c(ccc4c5ccccc5n(c24)-c2cc(C(C)(C)C)cc[n+]21)O3. The summed E-state index contributed by atoms with van der Waals surface area (Å²) in [6, 6.07) is 35.2. The van der Waals surface area contributed by atoms with Gasteiger partial charge in [0.25, 0.3) is 11.6 Å². The minimum absolute atomic E-state index is 0.0453. The van der Waals surface area contributed by atoms with Gasteiger partial charge < -0.3 is 9.15 Å². The van der Waals surface area contributed by atoms with Gasteiger partial charge in [-0.15, -0.1) is 0 Å². The number of nitrogens with zero attached hydrogens (tertiary/aromatic N) is 4. The Morgan fingerprint density at radius 2 is 1.49 bits per heavy atom. The van der Waals surface area contributed by atoms with Gasteiger partial charge in [0.2, 0.25) is 0 Å². The fourth-order valence-corrected chi connectivity index (χ4v) is 9.66. The van der Waals surface area contributed by atoms with E-state index in [0.29, 0.717) is 0 Å². The lowest BCUT2D eigenvalue weighted by molar-refractivity contribution is -0.961. The van der Waals surface area contributed by atoms with E-state index in [-0.39, 0.29) is 5.41 Å². The van der Waals surface area contributed by atoms with Crippen LogP contribution in [-0.2, 0) is 11.1 Å². The van der Waals surface area contributed by atoms with Crippen molar-refractivity contribution in [2.75, 3.05) is 0 Å². The number of rotatable bonds is 1. The number of hydrogen-bond acceptors (Lipinski definition) is 2. The minimum atomic E-state index is -0.793. The van der Waals surface area contributed by atoms with Crippen LogP contribution in [-0.4, -0.2) is 9.13 Å². The summed E-state index contributed by atoms with van der Waals surface area (Å²) in [7, 11) is 0. The quantitative estimate of drug-likeness (QED) is 0.164. The topological polar surface area (TPSA) is 40.0 Å². The van der Waals surface area contributed by atoms with Crippen molar-refractivity contribution < 1.29 is 18.3 Å². The van der Waals surface area contributed by atoms with Crippen LogP contribution in [0, 0.1) is 13.8 Å². The lowest BCUT2D eigenvalue weighted by atomic mass is 9.82. The number of furan rings is 1. The third-order valence-corrected chi connectivity index (χ3v) is 11.8. The average Bonchev–Trinajstić information content (AvgIpc) is 3.87. The molecule has 51 heavy (non-hydrogen) atoms. The van der Waals surface area contributed by atoms with Gasteiger partial charge in [0.05, 0.1) is 11.8 Å². The van der Waals surface area contributed by atoms with Crippen molar-refractivity contribution in [3.8, 4) is 34.4 Å². The molecule has 12 rings (SSSR count). The van der Waals surface area contributed by atoms with E-state index in [4.69, 9.17) is 9.15 Å². The van der Waals surface area contributed by atoms with Gasteiger partial charge in [-0.1, -0.05) is 69.3 Å². The third kappa shape index (κ3) is 3.05. The molecule has 7 heterocycles. The van der Waals surface area contributed by atoms with Crippen molar-refractivity contribution in [1.82, 2.24) is 9.13 Å². The average molecular weight is 663 g/mol. The Morgan fingerprint density at radius 1 is 0.706 bits per heavy atom. The Balaban J connectivity index is 1.35. The summed E-state index contributed by atoms with van der Waals surface area (Å²) < 4.78 is 23.9. The number of aryl methyl sites for hydroxylation is 2. The summed E-state index contributed by atoms with van der Waals surface area (Å²) in [6.07, 6.45) is 6.85. The predicted octanol–water partition coefficient (Wildman–Crippen LogP) is 9.66. The first-order valence-corrected chi connectivity index (χ1v) is 17.8. The van der Waals surface area contributed by atoms with Crippen LogP contribution in [0.15, 0.2) is 120 Å². The smallest absolute Gasteiger partial charge is 0.318 e. The number of ether oxygens (including phenoxy) is 1. The standard InChI is InChI=1S/C45H34N4O2/c1-25-11-10-12-26(2)39(25)46-21-22-48-43(46)32-24-31-29-14-7-9-16-34(29)50-41(31)42-37(32)45(48)38-35(51-42)18-17-30-28-13-6-8-15-33(28)49(40(30)38)36-23-27(44(3,4)5)19-20-47(36)45/h6-24H,1-5H3/q+2. The van der Waals surface area contributed by atoms with Crippen LogP contribution in [0.1, 0.15) is 48.6 Å². The Hall–Kier alpha value is -6.14. The molecule has 6 heteroatoms. The zero-order valence-electron chi connectivity index (χ0n) is 29.1. The molecule has 1 atom stereocenters. The molecule has 0 radical (unpaired) electrons. The number of para-hydroxylation sites is 3. The normalized spacial score (nSPS) is 16.6. The maximum Gasteiger partial charge on any atom is 0.318 e. The van der Waals surface area contributed by atoms with E-state index in [2.05, 4.69) is 162 Å². The van der Waals surface area contributed by atoms with E-state index in [0.717, 1.165) is 61.8 Å². The van der Waals surface area contributed by atoms with E-state index in [1.807, 2.05) is 6.07 Å². The minimum Gasteiger partial charge on any atom is -0.452 e. The van der Waals surface area contributed by atoms with Crippen LogP contribution < -0.4 is 13.9 Å². The summed E-state index contributed by atoms with van der Waals surface area (Å²) in [5, 5.41) is 4.59. The van der Waals surface area contributed by atoms with E-state index in [1.165, 1.54) is 44.2 Å². The predicted molar refractivity (Wildman–Crippen MR) is 199 cm³/mol. The van der Waals surface area contributed by atoms with Gasteiger partial charge in [-0.05, 0) is 78.4 Å². The molecule has 0 aliphatic carbocycles. The molecule has 3 aliphatic heterocycles. The van der Waals surface area contributed by atoms with Crippen LogP contribution in [0.4, 0.5) is 0 Å². The zero-order valence-corrected chi connectivity index (χ0v) is 29.1. The highest BCUT2D eigenvalue weighted by molar-refractivity contribution is 6.13. The molecule has 6 nitrogen and oxygen atoms in total. The van der Waals surface area contributed by atoms with Crippen LogP contribution in [0.25, 0.3) is 66.6 Å². The Morgan fingerprint density at radius 3 is 2.31 bits per heavy atom. The molecular formula is C45H34N4O2+2. The Kier molecular flexibility index (Phi) is 4.75. The molecule has 0 N–H and O–H groups in total. The largest absolute Gasteiger partial charge is 0.452 e. The van der Waals surface area contributed by atoms with Crippen molar-refractivity contribution in [1.29, 1.82) is 0 Å². The van der Waals surface area contributed by atoms with E-state index >= 15 is 0 Å². The number of benzene rings is 5. The first-order chi connectivity index (χ1) is 24.8. The second kappa shape index (κ2) is 8.77. The monoisotopic (exact) mass is 662 g/mol. The zero-order chi connectivity index (χ0) is 34.1. The summed E-state index contributed by atoms with van der Waals surface area (Å²) in [5.74, 6) is 3.87. The summed E-state index contributed by atoms with van der Waals surface area (Å²) >= 11 is 0. The number of aromatic nitrogens is 4. The fraction of sp³-hybridized carbons (Fsp3) is 0.156. The number of imidazole rings is 1. The van der Waals surface area contributed by atoms with Crippen molar-refractivity contribution in [2.45, 2.75) is 45.7 Å². The molecule has 0 saturated heterocycles. The van der Waals surface area contributed by atoms with E-state index < -0.39 is 5.66 Å². The lowest BCUT2D eigenvalue weighted by Crippen LogP contribution is -2.75. The van der Waals surface area contributed by atoms with Gasteiger partial charge in [-0.2, -0.15) is 18.3 Å². The van der Waals surface area contributed by atoms with Crippen molar-refractivity contribution in [3.05, 3.63) is 143 Å². The maximum absolute atomic E-state index is 7.21. The highest BCUT2D eigenvalue weighted by Gasteiger charge is 2.67. The first-order valence-electron chi connectivity index (χ1n) is 17.8. The molecule has 0 amide bonds. The molecule has 244 valence electrons. The van der Waals surface area contributed by atoms with Gasteiger partial charge >= 0.3 is 5.66 Å². The van der Waals surface area contributed by atoms with Crippen LogP contribution in [0.2, 0.25) is 0 Å². The molecule has 3 aliphatic rings. The number of fused-ring (bicyclic) bond motifs is 11. The summed E-state index contributed by atoms with van der Waals surface area (Å²) in [5.41, 5.74) is 11.5. The second-order valence-electron chi connectivity index (χ2n) is 15.6. The number of pyridine rings is 1. The van der Waals surface area contributed by atoms with Crippen LogP contribution >= 0.6 is 0 Å². The van der Waals surface area contributed by atoms with E-state index in [9.17, 15) is 0 Å². The molecular weight excluding hydrogens is 629 g/mol. The van der Waals surface area contributed by atoms with Crippen LogP contribution in [0.3, 0.4) is 0 Å². The number of hydrogen-bond donors (Lipinski definition) is 0. The van der Waals surface area contributed by atoms with Gasteiger partial charge in [-0.3, -0.25) is 0 Å². The molecule has 9 aromatic rings. The van der Waals surface area contributed by atoms with Gasteiger partial charge in [0.1, 0.15) is 46.1 Å². The van der Waals surface area contributed by atoms with Crippen molar-refractivity contribution >= 4 is 43.7 Å². The molecule has 0 saturated carbocycles. The van der Waals surface area contributed by atoms with E-state index in [1.54, 1.807) is 0 Å². The Bertz CT molecular complexity index is 3060. The van der Waals surface area contributed by atoms with Crippen molar-refractivity contribution in [3.63, 3.8) is 0 Å². The van der Waals surface area contributed by atoms with Gasteiger partial charge in [0.15, 0.2) is 16.8 Å². The fourth-order valence-electron chi connectivity index (χ4n) is 9.66. The van der Waals surface area contributed by atoms with Crippen molar-refractivity contribution in [2.24, 2.45) is 0 Å². The second-order valence-corrected chi connectivity index (χ2v) is 15.6. The molecule has 1 unspecified atom stereocenters. The maximum atomic E-state index is 7.21. The lowest BCUT2D eigenvalue weighted by Gasteiger charge is -2.36. The highest BCUT2D eigenvalue weighted by atomic mass is 16.5. The molecule has 4 aromatic heterocycles. The van der Waals surface area contributed by atoms with Crippen LogP contribution in [0.5, 0.6) is 11.5 Å². The Labute approximate surface area is 294 Å².